The summed E-state index contributed by atoms with van der Waals surface area (Å²) >= 11 is 0. The first-order chi connectivity index (χ1) is 9.40. The number of benzene rings is 1. The van der Waals surface area contributed by atoms with Crippen molar-refractivity contribution in [2.45, 2.75) is 25.7 Å². The van der Waals surface area contributed by atoms with Gasteiger partial charge in [0.1, 0.15) is 0 Å². The van der Waals surface area contributed by atoms with Gasteiger partial charge in [-0.3, -0.25) is 0 Å². The van der Waals surface area contributed by atoms with Crippen LogP contribution in [0.25, 0.3) is 5.69 Å². The Bertz CT molecular complexity index is 520. The lowest BCUT2D eigenvalue weighted by atomic mass is 9.72. The van der Waals surface area contributed by atoms with Crippen LogP contribution in [0.5, 0.6) is 0 Å². The predicted octanol–water partition coefficient (Wildman–Crippen LogP) is 2.37. The minimum Gasteiger partial charge on any atom is -0.317 e. The highest BCUT2D eigenvalue weighted by Gasteiger charge is 2.34. The van der Waals surface area contributed by atoms with Gasteiger partial charge < -0.3 is 5.32 Å². The number of nitrogens with zero attached hydrogens (tertiary/aromatic N) is 3. The Hall–Kier alpha value is -1.68. The number of para-hydroxylation sites is 1. The molecule has 1 saturated carbocycles. The number of nitrogens with one attached hydrogen (secondary N) is 1. The molecule has 1 N–H and O–H groups in total. The normalized spacial score (nSPS) is 22.2. The minimum absolute atomic E-state index is 0.592. The van der Waals surface area contributed by atoms with Crippen molar-refractivity contribution in [3.63, 3.8) is 0 Å². The summed E-state index contributed by atoms with van der Waals surface area (Å²) < 4.78 is 1.99. The highest BCUT2D eigenvalue weighted by atomic mass is 15.4. The number of rotatable bonds is 5. The monoisotopic (exact) mass is 256 g/mol. The summed E-state index contributed by atoms with van der Waals surface area (Å²) in [4.78, 5) is 0. The van der Waals surface area contributed by atoms with E-state index < -0.39 is 0 Å². The van der Waals surface area contributed by atoms with E-state index in [1.807, 2.05) is 29.1 Å². The molecule has 0 radical (unpaired) electrons. The molecule has 1 aliphatic carbocycles. The summed E-state index contributed by atoms with van der Waals surface area (Å²) in [6, 6.07) is 10.3. The van der Waals surface area contributed by atoms with Crippen LogP contribution in [0.4, 0.5) is 0 Å². The maximum atomic E-state index is 4.25. The van der Waals surface area contributed by atoms with Gasteiger partial charge in [-0.05, 0) is 44.0 Å². The van der Waals surface area contributed by atoms with E-state index in [9.17, 15) is 0 Å². The summed E-state index contributed by atoms with van der Waals surface area (Å²) in [7, 11) is 0. The Balaban J connectivity index is 1.81. The third-order valence-electron chi connectivity index (χ3n) is 4.03. The third-order valence-corrected chi connectivity index (χ3v) is 4.03. The van der Waals surface area contributed by atoms with Gasteiger partial charge >= 0.3 is 0 Å². The van der Waals surface area contributed by atoms with Crippen LogP contribution in [0.3, 0.4) is 0 Å². The first-order valence-electron chi connectivity index (χ1n) is 7.07. The molecule has 1 aliphatic rings. The maximum Gasteiger partial charge on any atom is 0.0732 e. The van der Waals surface area contributed by atoms with Crippen molar-refractivity contribution in [1.82, 2.24) is 20.3 Å². The topological polar surface area (TPSA) is 42.7 Å². The first kappa shape index (κ1) is 12.4. The van der Waals surface area contributed by atoms with Gasteiger partial charge in [-0.25, -0.2) is 4.68 Å². The largest absolute Gasteiger partial charge is 0.317 e. The maximum absolute atomic E-state index is 4.25. The van der Waals surface area contributed by atoms with E-state index in [-0.39, 0.29) is 0 Å². The predicted molar refractivity (Wildman–Crippen MR) is 75.4 cm³/mol. The fourth-order valence-corrected chi connectivity index (χ4v) is 2.80. The molecule has 3 rings (SSSR count). The Labute approximate surface area is 113 Å². The van der Waals surface area contributed by atoms with Crippen molar-refractivity contribution >= 4 is 0 Å². The SMILES string of the molecule is CCNCC1CCC1c1cnnn1-c1ccccc1. The molecule has 1 heterocycles. The molecule has 1 fully saturated rings. The first-order valence-corrected chi connectivity index (χ1v) is 7.07. The molecule has 2 atom stereocenters. The molecule has 0 saturated heterocycles. The molecular weight excluding hydrogens is 236 g/mol. The van der Waals surface area contributed by atoms with Crippen LogP contribution in [-0.4, -0.2) is 28.1 Å². The lowest BCUT2D eigenvalue weighted by Gasteiger charge is -2.36. The summed E-state index contributed by atoms with van der Waals surface area (Å²) in [6.07, 6.45) is 4.48. The van der Waals surface area contributed by atoms with E-state index in [1.165, 1.54) is 18.5 Å². The van der Waals surface area contributed by atoms with Crippen molar-refractivity contribution in [2.24, 2.45) is 5.92 Å². The van der Waals surface area contributed by atoms with E-state index in [2.05, 4.69) is 34.7 Å². The summed E-state index contributed by atoms with van der Waals surface area (Å²) in [6.45, 7) is 4.30. The summed E-state index contributed by atoms with van der Waals surface area (Å²) in [5.41, 5.74) is 2.35. The van der Waals surface area contributed by atoms with E-state index in [0.717, 1.165) is 24.7 Å². The fourth-order valence-electron chi connectivity index (χ4n) is 2.80. The molecule has 4 heteroatoms. The standard InChI is InChI=1S/C15H20N4/c1-2-16-10-12-8-9-14(12)15-11-17-18-19(15)13-6-4-3-5-7-13/h3-7,11-12,14,16H,2,8-10H2,1H3. The summed E-state index contributed by atoms with van der Waals surface area (Å²) in [5, 5.41) is 11.8. The highest BCUT2D eigenvalue weighted by Crippen LogP contribution is 2.42. The van der Waals surface area contributed by atoms with Crippen molar-refractivity contribution < 1.29 is 0 Å². The fraction of sp³-hybridized carbons (Fsp3) is 0.467. The molecule has 1 aromatic carbocycles. The van der Waals surface area contributed by atoms with Gasteiger partial charge in [-0.15, -0.1) is 5.10 Å². The van der Waals surface area contributed by atoms with Gasteiger partial charge in [-0.1, -0.05) is 30.3 Å². The van der Waals surface area contributed by atoms with Crippen molar-refractivity contribution in [2.75, 3.05) is 13.1 Å². The van der Waals surface area contributed by atoms with Crippen LogP contribution in [0.2, 0.25) is 0 Å². The molecule has 100 valence electrons. The molecule has 1 aromatic heterocycles. The van der Waals surface area contributed by atoms with Crippen LogP contribution in [0.1, 0.15) is 31.4 Å². The van der Waals surface area contributed by atoms with Crippen LogP contribution in [0, 0.1) is 5.92 Å². The number of hydrogen-bond donors (Lipinski definition) is 1. The number of aromatic nitrogens is 3. The molecule has 2 unspecified atom stereocenters. The molecule has 0 aliphatic heterocycles. The zero-order valence-electron chi connectivity index (χ0n) is 11.3. The second-order valence-electron chi connectivity index (χ2n) is 5.16. The lowest BCUT2D eigenvalue weighted by molar-refractivity contribution is 0.239. The average Bonchev–Trinajstić information content (AvgIpc) is 2.88. The van der Waals surface area contributed by atoms with Crippen molar-refractivity contribution in [1.29, 1.82) is 0 Å². The zero-order chi connectivity index (χ0) is 13.1. The Morgan fingerprint density at radius 1 is 1.26 bits per heavy atom. The zero-order valence-corrected chi connectivity index (χ0v) is 11.3. The lowest BCUT2D eigenvalue weighted by Crippen LogP contribution is -2.34. The highest BCUT2D eigenvalue weighted by molar-refractivity contribution is 5.33. The minimum atomic E-state index is 0.592. The molecule has 0 amide bonds. The van der Waals surface area contributed by atoms with Gasteiger partial charge in [0.25, 0.3) is 0 Å². The van der Waals surface area contributed by atoms with Gasteiger partial charge in [-0.2, -0.15) is 0 Å². The van der Waals surface area contributed by atoms with E-state index >= 15 is 0 Å². The Morgan fingerprint density at radius 3 is 2.79 bits per heavy atom. The summed E-state index contributed by atoms with van der Waals surface area (Å²) in [5.74, 6) is 1.31. The smallest absolute Gasteiger partial charge is 0.0732 e. The number of hydrogen-bond acceptors (Lipinski definition) is 3. The Kier molecular flexibility index (Phi) is 3.60. The molecule has 0 spiro atoms. The van der Waals surface area contributed by atoms with Gasteiger partial charge in [0.05, 0.1) is 17.6 Å². The third kappa shape index (κ3) is 2.40. The Morgan fingerprint density at radius 2 is 2.11 bits per heavy atom. The molecule has 19 heavy (non-hydrogen) atoms. The van der Waals surface area contributed by atoms with E-state index in [0.29, 0.717) is 5.92 Å². The van der Waals surface area contributed by atoms with Crippen LogP contribution >= 0.6 is 0 Å². The van der Waals surface area contributed by atoms with Crippen LogP contribution in [-0.2, 0) is 0 Å². The van der Waals surface area contributed by atoms with Crippen LogP contribution in [0.15, 0.2) is 36.5 Å². The molecule has 0 bridgehead atoms. The molecular formula is C15H20N4. The molecule has 4 nitrogen and oxygen atoms in total. The van der Waals surface area contributed by atoms with Gasteiger partial charge in [0.2, 0.25) is 0 Å². The van der Waals surface area contributed by atoms with E-state index in [1.54, 1.807) is 0 Å². The quantitative estimate of drug-likeness (QED) is 0.893. The second-order valence-corrected chi connectivity index (χ2v) is 5.16. The van der Waals surface area contributed by atoms with Gasteiger partial charge in [0, 0.05) is 5.92 Å². The van der Waals surface area contributed by atoms with E-state index in [4.69, 9.17) is 0 Å². The van der Waals surface area contributed by atoms with Crippen molar-refractivity contribution in [3.8, 4) is 5.69 Å². The van der Waals surface area contributed by atoms with Gasteiger partial charge in [0.15, 0.2) is 0 Å². The average molecular weight is 256 g/mol. The van der Waals surface area contributed by atoms with Crippen LogP contribution < -0.4 is 5.32 Å². The van der Waals surface area contributed by atoms with Crippen molar-refractivity contribution in [3.05, 3.63) is 42.2 Å². The second kappa shape index (κ2) is 5.53. The molecule has 2 aromatic rings.